The third-order valence-corrected chi connectivity index (χ3v) is 6.44. The van der Waals surface area contributed by atoms with Gasteiger partial charge in [0.05, 0.1) is 40.3 Å². The van der Waals surface area contributed by atoms with Gasteiger partial charge in [-0.25, -0.2) is 18.6 Å². The maximum absolute atomic E-state index is 11.9. The number of ether oxygens (including phenoxy) is 2. The van der Waals surface area contributed by atoms with E-state index in [1.165, 1.54) is 4.52 Å². The first-order valence-electron chi connectivity index (χ1n) is 10.2. The number of esters is 2. The Kier molecular flexibility index (Phi) is 8.06. The number of hydrogen-bond acceptors (Lipinski definition) is 7. The number of anilines is 1. The van der Waals surface area contributed by atoms with Crippen LogP contribution in [0.2, 0.25) is 10.0 Å². The number of rotatable bonds is 4. The van der Waals surface area contributed by atoms with Crippen molar-refractivity contribution in [3.63, 3.8) is 0 Å². The Morgan fingerprint density at radius 2 is 1.35 bits per heavy atom. The summed E-state index contributed by atoms with van der Waals surface area (Å²) in [5, 5.41) is 9.19. The van der Waals surface area contributed by atoms with Crippen LogP contribution in [0.4, 0.5) is 5.69 Å². The molecule has 9 nitrogen and oxygen atoms in total. The van der Waals surface area contributed by atoms with Crippen LogP contribution in [-0.2, 0) is 9.47 Å². The molecule has 4 heterocycles. The number of carbonyl (C=O) groups is 2. The van der Waals surface area contributed by atoms with Gasteiger partial charge in [-0.1, -0.05) is 23.2 Å². The third-order valence-electron chi connectivity index (χ3n) is 4.77. The monoisotopic (exact) mass is 569 g/mol. The van der Waals surface area contributed by atoms with E-state index in [2.05, 4.69) is 26.1 Å². The Balaban J connectivity index is 0.000000191. The quantitative estimate of drug-likeness (QED) is 0.331. The van der Waals surface area contributed by atoms with E-state index in [1.54, 1.807) is 56.7 Å². The largest absolute Gasteiger partial charge is 0.462 e. The van der Waals surface area contributed by atoms with Gasteiger partial charge in [-0.3, -0.25) is 0 Å². The van der Waals surface area contributed by atoms with Crippen molar-refractivity contribution in [1.82, 2.24) is 19.2 Å². The second-order valence-corrected chi connectivity index (χ2v) is 8.62. The maximum atomic E-state index is 11.9. The van der Waals surface area contributed by atoms with Crippen LogP contribution in [0, 0.1) is 13.8 Å². The standard InChI is InChI=1S/C11H10BrClN2O2.C11H12ClN3O2/c1-3-17-11(16)8-6(2)14-15-5-4-7(12)9(13)10(8)15;1-3-17-11(16)8-6(2)14-15-5-4-7(13)9(12)10(8)15/h4-5H,3H2,1-2H3;4-5H,3,13H2,1-2H3. The van der Waals surface area contributed by atoms with Crippen LogP contribution in [0.15, 0.2) is 29.0 Å². The molecule has 0 aromatic carbocycles. The summed E-state index contributed by atoms with van der Waals surface area (Å²) in [7, 11) is 0. The predicted molar refractivity (Wildman–Crippen MR) is 134 cm³/mol. The molecule has 4 rings (SSSR count). The fourth-order valence-electron chi connectivity index (χ4n) is 3.31. The second-order valence-electron chi connectivity index (χ2n) is 7.01. The van der Waals surface area contributed by atoms with Crippen LogP contribution >= 0.6 is 39.1 Å². The number of carbonyl (C=O) groups excluding carboxylic acids is 2. The van der Waals surface area contributed by atoms with E-state index in [0.717, 1.165) is 4.47 Å². The van der Waals surface area contributed by atoms with Crippen molar-refractivity contribution in [2.45, 2.75) is 27.7 Å². The molecular weight excluding hydrogens is 549 g/mol. The minimum Gasteiger partial charge on any atom is -0.462 e. The normalized spacial score (nSPS) is 10.8. The van der Waals surface area contributed by atoms with Crippen molar-refractivity contribution in [2.75, 3.05) is 18.9 Å². The molecule has 0 aliphatic heterocycles. The Hall–Kier alpha value is -2.82. The highest BCUT2D eigenvalue weighted by molar-refractivity contribution is 9.10. The highest BCUT2D eigenvalue weighted by atomic mass is 79.9. The molecule has 0 atom stereocenters. The molecule has 0 radical (unpaired) electrons. The minimum absolute atomic E-state index is 0.301. The predicted octanol–water partition coefficient (Wildman–Crippen LogP) is 5.29. The van der Waals surface area contributed by atoms with E-state index in [9.17, 15) is 9.59 Å². The summed E-state index contributed by atoms with van der Waals surface area (Å²) in [6.07, 6.45) is 3.40. The highest BCUT2D eigenvalue weighted by Crippen LogP contribution is 2.31. The SMILES string of the molecule is CCOC(=O)c1c(C)nn2ccc(Br)c(Cl)c12.CCOC(=O)c1c(C)nn2ccc(N)c(Cl)c12. The summed E-state index contributed by atoms with van der Waals surface area (Å²) in [6, 6.07) is 3.41. The molecule has 0 unspecified atom stereocenters. The first kappa shape index (κ1) is 25.8. The number of aromatic nitrogens is 4. The number of hydrogen-bond donors (Lipinski definition) is 1. The molecule has 4 aromatic rings. The summed E-state index contributed by atoms with van der Waals surface area (Å²) >= 11 is 15.6. The van der Waals surface area contributed by atoms with E-state index in [1.807, 2.05) is 0 Å². The van der Waals surface area contributed by atoms with Crippen LogP contribution in [0.25, 0.3) is 11.0 Å². The lowest BCUT2D eigenvalue weighted by atomic mass is 10.2. The average molecular weight is 571 g/mol. The average Bonchev–Trinajstić information content (AvgIpc) is 3.31. The number of fused-ring (bicyclic) bond motifs is 2. The van der Waals surface area contributed by atoms with Crippen molar-refractivity contribution in [1.29, 1.82) is 0 Å². The first-order valence-corrected chi connectivity index (χ1v) is 11.8. The van der Waals surface area contributed by atoms with Gasteiger partial charge in [0.15, 0.2) is 0 Å². The Morgan fingerprint density at radius 3 is 1.82 bits per heavy atom. The molecule has 4 aromatic heterocycles. The number of nitrogens with two attached hydrogens (primary N) is 1. The van der Waals surface area contributed by atoms with E-state index in [-0.39, 0.29) is 0 Å². The Bertz CT molecular complexity index is 1290. The Labute approximate surface area is 213 Å². The van der Waals surface area contributed by atoms with Crippen LogP contribution in [-0.4, -0.2) is 44.4 Å². The number of pyridine rings is 2. The maximum Gasteiger partial charge on any atom is 0.342 e. The van der Waals surface area contributed by atoms with Gasteiger partial charge in [-0.15, -0.1) is 0 Å². The summed E-state index contributed by atoms with van der Waals surface area (Å²) in [5.74, 6) is -0.840. The fourth-order valence-corrected chi connectivity index (χ4v) is 4.10. The zero-order valence-electron chi connectivity index (χ0n) is 18.9. The smallest absolute Gasteiger partial charge is 0.342 e. The molecule has 0 aliphatic rings. The molecule has 0 fully saturated rings. The van der Waals surface area contributed by atoms with Gasteiger partial charge in [-0.05, 0) is 55.8 Å². The molecule has 2 N–H and O–H groups in total. The van der Waals surface area contributed by atoms with Gasteiger partial charge >= 0.3 is 11.9 Å². The number of aryl methyl sites for hydroxylation is 2. The minimum atomic E-state index is -0.437. The summed E-state index contributed by atoms with van der Waals surface area (Å²) in [4.78, 5) is 23.7. The van der Waals surface area contributed by atoms with Gasteiger partial charge in [0.1, 0.15) is 22.2 Å². The topological polar surface area (TPSA) is 113 Å². The lowest BCUT2D eigenvalue weighted by molar-refractivity contribution is 0.0518. The van der Waals surface area contributed by atoms with Gasteiger partial charge < -0.3 is 15.2 Å². The van der Waals surface area contributed by atoms with Crippen LogP contribution < -0.4 is 5.73 Å². The second kappa shape index (κ2) is 10.6. The molecule has 34 heavy (non-hydrogen) atoms. The van der Waals surface area contributed by atoms with Crippen molar-refractivity contribution < 1.29 is 19.1 Å². The van der Waals surface area contributed by atoms with Crippen LogP contribution in [0.3, 0.4) is 0 Å². The van der Waals surface area contributed by atoms with Crippen molar-refractivity contribution in [3.8, 4) is 0 Å². The van der Waals surface area contributed by atoms with Gasteiger partial charge in [-0.2, -0.15) is 10.2 Å². The lowest BCUT2D eigenvalue weighted by Crippen LogP contribution is -2.06. The Morgan fingerprint density at radius 1 is 0.912 bits per heavy atom. The van der Waals surface area contributed by atoms with Gasteiger partial charge in [0.25, 0.3) is 0 Å². The molecule has 0 saturated carbocycles. The van der Waals surface area contributed by atoms with E-state index >= 15 is 0 Å². The third kappa shape index (κ3) is 4.84. The number of halogens is 3. The van der Waals surface area contributed by atoms with Gasteiger partial charge in [0.2, 0.25) is 0 Å². The van der Waals surface area contributed by atoms with Crippen LogP contribution in [0.5, 0.6) is 0 Å². The first-order chi connectivity index (χ1) is 16.1. The van der Waals surface area contributed by atoms with Crippen molar-refractivity contribution >= 4 is 67.8 Å². The fraction of sp³-hybridized carbons (Fsp3) is 0.273. The molecule has 0 amide bonds. The molecule has 0 aliphatic carbocycles. The van der Waals surface area contributed by atoms with E-state index in [4.69, 9.17) is 38.4 Å². The molecule has 180 valence electrons. The van der Waals surface area contributed by atoms with E-state index in [0.29, 0.717) is 62.5 Å². The highest BCUT2D eigenvalue weighted by Gasteiger charge is 2.22. The lowest BCUT2D eigenvalue weighted by Gasteiger charge is -2.03. The van der Waals surface area contributed by atoms with Gasteiger partial charge in [0, 0.05) is 16.9 Å². The van der Waals surface area contributed by atoms with Crippen molar-refractivity contribution in [2.24, 2.45) is 0 Å². The van der Waals surface area contributed by atoms with Crippen molar-refractivity contribution in [3.05, 3.63) is 61.6 Å². The summed E-state index contributed by atoms with van der Waals surface area (Å²) in [5.41, 5.74) is 9.12. The number of nitrogens with zero attached hydrogens (tertiary/aromatic N) is 4. The molecule has 0 saturated heterocycles. The summed E-state index contributed by atoms with van der Waals surface area (Å²) in [6.45, 7) is 7.61. The van der Waals surface area contributed by atoms with E-state index < -0.39 is 11.9 Å². The van der Waals surface area contributed by atoms with Crippen LogP contribution in [0.1, 0.15) is 46.0 Å². The molecule has 0 spiro atoms. The zero-order valence-corrected chi connectivity index (χ0v) is 22.0. The number of nitrogen functional groups attached to an aromatic ring is 1. The molecule has 0 bridgehead atoms. The molecule has 12 heteroatoms. The molecular formula is C22H22BrCl2N5O4. The zero-order chi connectivity index (χ0) is 25.2. The summed E-state index contributed by atoms with van der Waals surface area (Å²) < 4.78 is 13.8.